The van der Waals surface area contributed by atoms with Crippen molar-refractivity contribution >= 4 is 21.6 Å². The molecule has 0 bridgehead atoms. The molecule has 3 aromatic carbocycles. The van der Waals surface area contributed by atoms with Crippen LogP contribution in [0.5, 0.6) is 5.75 Å². The number of hydrogen-bond donors (Lipinski definition) is 1. The smallest absolute Gasteiger partial charge is 0.416 e. The van der Waals surface area contributed by atoms with E-state index in [-0.39, 0.29) is 10.6 Å². The van der Waals surface area contributed by atoms with E-state index in [2.05, 4.69) is 5.32 Å². The first-order valence-corrected chi connectivity index (χ1v) is 13.0. The number of alkyl halides is 3. The Bertz CT molecular complexity index is 1410. The number of nitrogens with zero attached hydrogens (tertiary/aromatic N) is 1. The number of fused-ring (bicyclic) bond motifs is 1. The monoisotopic (exact) mass is 532 g/mol. The Balaban J connectivity index is 1.69. The van der Waals surface area contributed by atoms with Crippen LogP contribution in [-0.2, 0) is 21.0 Å². The number of benzene rings is 3. The number of nitrogens with one attached hydrogen (secondary N) is 1. The molecule has 0 aromatic heterocycles. The Morgan fingerprint density at radius 1 is 1.05 bits per heavy atom. The van der Waals surface area contributed by atoms with Gasteiger partial charge >= 0.3 is 6.18 Å². The van der Waals surface area contributed by atoms with Crippen molar-refractivity contribution in [3.8, 4) is 5.75 Å². The van der Waals surface area contributed by atoms with Gasteiger partial charge in [0.15, 0.2) is 0 Å². The Hall–Kier alpha value is -3.53. The molecule has 0 saturated heterocycles. The molecule has 1 N–H and O–H groups in total. The second-order valence-corrected chi connectivity index (χ2v) is 11.5. The minimum atomic E-state index is -4.68. The van der Waals surface area contributed by atoms with Gasteiger partial charge in [-0.2, -0.15) is 13.2 Å². The molecule has 196 valence electrons. The second-order valence-electron chi connectivity index (χ2n) is 9.60. The van der Waals surface area contributed by atoms with Crippen LogP contribution in [0.2, 0.25) is 0 Å². The highest BCUT2D eigenvalue weighted by atomic mass is 32.2. The molecule has 0 saturated carbocycles. The summed E-state index contributed by atoms with van der Waals surface area (Å²) in [5.41, 5.74) is -0.175. The summed E-state index contributed by atoms with van der Waals surface area (Å²) in [6.45, 7) is 4.95. The number of ether oxygens (including phenoxy) is 1. The summed E-state index contributed by atoms with van der Waals surface area (Å²) in [6.07, 6.45) is -4.26. The molecule has 37 heavy (non-hydrogen) atoms. The number of sulfonamides is 1. The van der Waals surface area contributed by atoms with Gasteiger partial charge in [-0.05, 0) is 57.2 Å². The first-order chi connectivity index (χ1) is 17.3. The summed E-state index contributed by atoms with van der Waals surface area (Å²) in [4.78, 5) is 13.1. The number of aryl methyl sites for hydroxylation is 1. The third-order valence-corrected chi connectivity index (χ3v) is 7.83. The van der Waals surface area contributed by atoms with Crippen molar-refractivity contribution in [3.63, 3.8) is 0 Å². The van der Waals surface area contributed by atoms with Crippen LogP contribution in [-0.4, -0.2) is 26.5 Å². The molecule has 1 heterocycles. The van der Waals surface area contributed by atoms with Crippen LogP contribution in [0.25, 0.3) is 0 Å². The highest BCUT2D eigenvalue weighted by molar-refractivity contribution is 7.92. The molecular weight excluding hydrogens is 505 g/mol. The van der Waals surface area contributed by atoms with Gasteiger partial charge in [0.05, 0.1) is 22.2 Å². The first kappa shape index (κ1) is 26.5. The predicted molar refractivity (Wildman–Crippen MR) is 134 cm³/mol. The summed E-state index contributed by atoms with van der Waals surface area (Å²) in [7, 11) is -4.36. The van der Waals surface area contributed by atoms with Crippen molar-refractivity contribution in [1.29, 1.82) is 0 Å². The van der Waals surface area contributed by atoms with Gasteiger partial charge in [-0.25, -0.2) is 8.42 Å². The van der Waals surface area contributed by atoms with E-state index in [0.717, 1.165) is 29.3 Å². The minimum Gasteiger partial charge on any atom is -0.487 e. The quantitative estimate of drug-likeness (QED) is 0.447. The number of amides is 1. The normalized spacial score (nSPS) is 16.9. The SMILES string of the molecule is Cc1ccc2c(c1)C(NC(=O)CN(c1cccc(C(F)(F)F)c1)S(=O)(=O)c1ccccc1)CC(C)(C)O2. The number of carbonyl (C=O) groups is 1. The summed E-state index contributed by atoms with van der Waals surface area (Å²) in [5.74, 6) is -0.0501. The Morgan fingerprint density at radius 3 is 2.43 bits per heavy atom. The molecule has 3 aromatic rings. The second kappa shape index (κ2) is 9.74. The lowest BCUT2D eigenvalue weighted by atomic mass is 9.89. The van der Waals surface area contributed by atoms with Gasteiger partial charge in [0, 0.05) is 12.0 Å². The maximum Gasteiger partial charge on any atom is 0.416 e. The van der Waals surface area contributed by atoms with E-state index < -0.39 is 45.9 Å². The maximum atomic E-state index is 13.5. The zero-order valence-electron chi connectivity index (χ0n) is 20.5. The number of anilines is 1. The molecule has 10 heteroatoms. The van der Waals surface area contributed by atoms with Crippen molar-refractivity contribution in [3.05, 3.63) is 89.5 Å². The molecule has 1 aliphatic heterocycles. The molecule has 0 radical (unpaired) electrons. The molecule has 4 rings (SSSR count). The molecule has 1 aliphatic rings. The molecule has 1 amide bonds. The number of rotatable bonds is 6. The topological polar surface area (TPSA) is 75.7 Å². The third kappa shape index (κ3) is 5.90. The standard InChI is InChI=1S/C27H27F3N2O4S/c1-18-12-13-24-22(14-18)23(16-26(2,3)36-24)31-25(33)17-32(37(34,35)21-10-5-4-6-11-21)20-9-7-8-19(15-20)27(28,29)30/h4-15,23H,16-17H2,1-3H3,(H,31,33). The Kier molecular flexibility index (Phi) is 6.98. The summed E-state index contributed by atoms with van der Waals surface area (Å²) < 4.78 is 74.0. The molecule has 0 aliphatic carbocycles. The largest absolute Gasteiger partial charge is 0.487 e. The fraction of sp³-hybridized carbons (Fsp3) is 0.296. The fourth-order valence-electron chi connectivity index (χ4n) is 4.35. The lowest BCUT2D eigenvalue weighted by Gasteiger charge is -2.38. The van der Waals surface area contributed by atoms with E-state index in [1.54, 1.807) is 6.07 Å². The number of carbonyl (C=O) groups excluding carboxylic acids is 1. The van der Waals surface area contributed by atoms with E-state index in [1.165, 1.54) is 30.3 Å². The highest BCUT2D eigenvalue weighted by Crippen LogP contribution is 2.40. The summed E-state index contributed by atoms with van der Waals surface area (Å²) in [5, 5.41) is 2.88. The van der Waals surface area contributed by atoms with E-state index in [4.69, 9.17) is 4.74 Å². The van der Waals surface area contributed by atoms with Crippen LogP contribution >= 0.6 is 0 Å². The van der Waals surface area contributed by atoms with E-state index in [9.17, 15) is 26.4 Å². The van der Waals surface area contributed by atoms with Gasteiger partial charge < -0.3 is 10.1 Å². The van der Waals surface area contributed by atoms with E-state index in [0.29, 0.717) is 16.5 Å². The van der Waals surface area contributed by atoms with Crippen molar-refractivity contribution in [1.82, 2.24) is 5.32 Å². The predicted octanol–water partition coefficient (Wildman–Crippen LogP) is 5.63. The number of hydrogen-bond acceptors (Lipinski definition) is 4. The van der Waals surface area contributed by atoms with Crippen molar-refractivity contribution in [2.24, 2.45) is 0 Å². The molecule has 1 atom stereocenters. The van der Waals surface area contributed by atoms with Gasteiger partial charge in [-0.15, -0.1) is 0 Å². The van der Waals surface area contributed by atoms with Crippen molar-refractivity contribution in [2.45, 2.75) is 49.9 Å². The van der Waals surface area contributed by atoms with E-state index in [1.807, 2.05) is 39.0 Å². The fourth-order valence-corrected chi connectivity index (χ4v) is 5.78. The van der Waals surface area contributed by atoms with Crippen LogP contribution < -0.4 is 14.4 Å². The Labute approximate surface area is 214 Å². The van der Waals surface area contributed by atoms with Crippen LogP contribution in [0.1, 0.15) is 43.0 Å². The molecule has 0 fully saturated rings. The lowest BCUT2D eigenvalue weighted by Crippen LogP contribution is -2.45. The first-order valence-electron chi connectivity index (χ1n) is 11.6. The summed E-state index contributed by atoms with van der Waals surface area (Å²) in [6, 6.07) is 16.3. The summed E-state index contributed by atoms with van der Waals surface area (Å²) >= 11 is 0. The van der Waals surface area contributed by atoms with Gasteiger partial charge in [0.2, 0.25) is 5.91 Å². The Morgan fingerprint density at radius 2 is 1.76 bits per heavy atom. The third-order valence-electron chi connectivity index (χ3n) is 6.04. The van der Waals surface area contributed by atoms with Crippen LogP contribution in [0, 0.1) is 6.92 Å². The van der Waals surface area contributed by atoms with Crippen molar-refractivity contribution < 1.29 is 31.1 Å². The minimum absolute atomic E-state index is 0.145. The van der Waals surface area contributed by atoms with Crippen LogP contribution in [0.4, 0.5) is 18.9 Å². The molecular formula is C27H27F3N2O4S. The van der Waals surface area contributed by atoms with E-state index >= 15 is 0 Å². The highest BCUT2D eigenvalue weighted by Gasteiger charge is 2.36. The van der Waals surface area contributed by atoms with Gasteiger partial charge in [-0.3, -0.25) is 9.10 Å². The molecule has 1 unspecified atom stereocenters. The van der Waals surface area contributed by atoms with Gasteiger partial charge in [0.25, 0.3) is 10.0 Å². The van der Waals surface area contributed by atoms with Gasteiger partial charge in [-0.1, -0.05) is 42.0 Å². The van der Waals surface area contributed by atoms with Gasteiger partial charge in [0.1, 0.15) is 17.9 Å². The molecule has 6 nitrogen and oxygen atoms in total. The lowest BCUT2D eigenvalue weighted by molar-refractivity contribution is -0.137. The molecule has 0 spiro atoms. The zero-order chi connectivity index (χ0) is 27.0. The van der Waals surface area contributed by atoms with Crippen LogP contribution in [0.3, 0.4) is 0 Å². The average molecular weight is 533 g/mol. The average Bonchev–Trinajstić information content (AvgIpc) is 2.82. The maximum absolute atomic E-state index is 13.5. The van der Waals surface area contributed by atoms with Crippen LogP contribution in [0.15, 0.2) is 77.7 Å². The van der Waals surface area contributed by atoms with Crippen molar-refractivity contribution in [2.75, 3.05) is 10.8 Å². The number of halogens is 3. The zero-order valence-corrected chi connectivity index (χ0v) is 21.4.